The molecular weight excluding hydrogens is 228 g/mol. The zero-order chi connectivity index (χ0) is 13.2. The number of benzene rings is 1. The van der Waals surface area contributed by atoms with Crippen molar-refractivity contribution in [2.45, 2.75) is 33.0 Å². The largest absolute Gasteiger partial charge is 0.396 e. The molecule has 2 rings (SSSR count). The molecule has 1 aromatic carbocycles. The van der Waals surface area contributed by atoms with E-state index in [4.69, 9.17) is 9.47 Å². The smallest absolute Gasteiger partial charge is 0.192 e. The van der Waals surface area contributed by atoms with E-state index in [-0.39, 0.29) is 12.0 Å². The van der Waals surface area contributed by atoms with E-state index >= 15 is 0 Å². The Labute approximate surface area is 109 Å². The van der Waals surface area contributed by atoms with Crippen molar-refractivity contribution in [2.24, 2.45) is 5.41 Å². The van der Waals surface area contributed by atoms with Gasteiger partial charge in [0.25, 0.3) is 0 Å². The minimum atomic E-state index is -0.612. The molecule has 0 atom stereocenters. The maximum Gasteiger partial charge on any atom is 0.192 e. The van der Waals surface area contributed by atoms with Crippen molar-refractivity contribution >= 4 is 0 Å². The highest BCUT2D eigenvalue weighted by atomic mass is 16.7. The summed E-state index contributed by atoms with van der Waals surface area (Å²) in [4.78, 5) is 0. The van der Waals surface area contributed by atoms with Gasteiger partial charge >= 0.3 is 0 Å². The summed E-state index contributed by atoms with van der Waals surface area (Å²) < 4.78 is 11.3. The Morgan fingerprint density at radius 2 is 1.94 bits per heavy atom. The third kappa shape index (κ3) is 2.91. The standard InChI is InChI=1S/C15H22O3/c1-14(2,11-16)10-12-5-4-6-13(9-12)15(3)17-7-8-18-15/h4-6,9,16H,7-8,10-11H2,1-3H3. The summed E-state index contributed by atoms with van der Waals surface area (Å²) in [5, 5.41) is 9.34. The van der Waals surface area contributed by atoms with E-state index in [9.17, 15) is 5.11 Å². The first-order valence-electron chi connectivity index (χ1n) is 6.43. The summed E-state index contributed by atoms with van der Waals surface area (Å²) in [6.07, 6.45) is 0.841. The molecule has 0 aliphatic carbocycles. The van der Waals surface area contributed by atoms with E-state index < -0.39 is 5.79 Å². The number of aliphatic hydroxyl groups is 1. The minimum Gasteiger partial charge on any atom is -0.396 e. The van der Waals surface area contributed by atoms with Crippen molar-refractivity contribution in [1.82, 2.24) is 0 Å². The average Bonchev–Trinajstić information content (AvgIpc) is 2.77. The van der Waals surface area contributed by atoms with Crippen molar-refractivity contribution in [3.63, 3.8) is 0 Å². The van der Waals surface area contributed by atoms with Crippen LogP contribution in [0.5, 0.6) is 0 Å². The Hall–Kier alpha value is -0.900. The number of hydrogen-bond acceptors (Lipinski definition) is 3. The zero-order valence-corrected chi connectivity index (χ0v) is 11.4. The molecule has 0 saturated carbocycles. The monoisotopic (exact) mass is 250 g/mol. The van der Waals surface area contributed by atoms with Gasteiger partial charge in [-0.1, -0.05) is 38.1 Å². The predicted molar refractivity (Wildman–Crippen MR) is 70.3 cm³/mol. The van der Waals surface area contributed by atoms with Crippen LogP contribution in [0.25, 0.3) is 0 Å². The molecule has 1 aromatic rings. The lowest BCUT2D eigenvalue weighted by Gasteiger charge is -2.25. The first-order chi connectivity index (χ1) is 8.45. The first-order valence-corrected chi connectivity index (χ1v) is 6.43. The van der Waals surface area contributed by atoms with Crippen molar-refractivity contribution in [3.8, 4) is 0 Å². The van der Waals surface area contributed by atoms with Gasteiger partial charge in [-0.3, -0.25) is 0 Å². The first kappa shape index (κ1) is 13.5. The van der Waals surface area contributed by atoms with Crippen LogP contribution < -0.4 is 0 Å². The minimum absolute atomic E-state index is 0.100. The lowest BCUT2D eigenvalue weighted by Crippen LogP contribution is -2.23. The lowest BCUT2D eigenvalue weighted by atomic mass is 9.86. The summed E-state index contributed by atoms with van der Waals surface area (Å²) >= 11 is 0. The van der Waals surface area contributed by atoms with E-state index in [0.29, 0.717) is 13.2 Å². The van der Waals surface area contributed by atoms with Crippen molar-refractivity contribution in [2.75, 3.05) is 19.8 Å². The van der Waals surface area contributed by atoms with Crippen molar-refractivity contribution in [3.05, 3.63) is 35.4 Å². The predicted octanol–water partition coefficient (Wildman–Crippen LogP) is 2.47. The summed E-state index contributed by atoms with van der Waals surface area (Å²) in [5.41, 5.74) is 2.15. The fourth-order valence-electron chi connectivity index (χ4n) is 2.25. The number of rotatable bonds is 4. The van der Waals surface area contributed by atoms with Crippen LogP contribution >= 0.6 is 0 Å². The maximum absolute atomic E-state index is 9.34. The van der Waals surface area contributed by atoms with Gasteiger partial charge in [-0.05, 0) is 24.3 Å². The Balaban J connectivity index is 2.20. The van der Waals surface area contributed by atoms with Crippen LogP contribution in [0.3, 0.4) is 0 Å². The fraction of sp³-hybridized carbons (Fsp3) is 0.600. The summed E-state index contributed by atoms with van der Waals surface area (Å²) in [7, 11) is 0. The molecule has 0 spiro atoms. The molecule has 0 bridgehead atoms. The molecule has 0 aromatic heterocycles. The molecule has 100 valence electrons. The average molecular weight is 250 g/mol. The number of aliphatic hydroxyl groups excluding tert-OH is 1. The highest BCUT2D eigenvalue weighted by molar-refractivity contribution is 5.27. The van der Waals surface area contributed by atoms with Crippen molar-refractivity contribution in [1.29, 1.82) is 0 Å². The maximum atomic E-state index is 9.34. The summed E-state index contributed by atoms with van der Waals surface area (Å²) in [5.74, 6) is -0.612. The highest BCUT2D eigenvalue weighted by Gasteiger charge is 2.33. The molecule has 1 aliphatic heterocycles. The Morgan fingerprint density at radius 1 is 1.28 bits per heavy atom. The Bertz CT molecular complexity index is 406. The molecule has 1 aliphatic rings. The lowest BCUT2D eigenvalue weighted by molar-refractivity contribution is -0.149. The van der Waals surface area contributed by atoms with E-state index in [1.807, 2.05) is 19.1 Å². The van der Waals surface area contributed by atoms with Crippen LogP contribution in [-0.2, 0) is 21.7 Å². The third-order valence-electron chi connectivity index (χ3n) is 3.40. The molecule has 3 heteroatoms. The number of hydrogen-bond donors (Lipinski definition) is 1. The van der Waals surface area contributed by atoms with Gasteiger partial charge in [0.2, 0.25) is 0 Å². The van der Waals surface area contributed by atoms with E-state index in [0.717, 1.165) is 12.0 Å². The van der Waals surface area contributed by atoms with E-state index in [2.05, 4.69) is 26.0 Å². The molecule has 0 radical (unpaired) electrons. The summed E-state index contributed by atoms with van der Waals surface area (Å²) in [6, 6.07) is 8.25. The molecule has 0 unspecified atom stereocenters. The van der Waals surface area contributed by atoms with Crippen molar-refractivity contribution < 1.29 is 14.6 Å². The second-order valence-electron chi connectivity index (χ2n) is 5.84. The van der Waals surface area contributed by atoms with Gasteiger partial charge in [0, 0.05) is 12.2 Å². The molecule has 1 saturated heterocycles. The molecule has 3 nitrogen and oxygen atoms in total. The zero-order valence-electron chi connectivity index (χ0n) is 11.4. The van der Waals surface area contributed by atoms with Gasteiger partial charge in [-0.25, -0.2) is 0 Å². The Kier molecular flexibility index (Phi) is 3.76. The van der Waals surface area contributed by atoms with E-state index in [1.165, 1.54) is 5.56 Å². The Morgan fingerprint density at radius 3 is 2.56 bits per heavy atom. The van der Waals surface area contributed by atoms with Gasteiger partial charge < -0.3 is 14.6 Å². The van der Waals surface area contributed by atoms with Gasteiger partial charge in [-0.2, -0.15) is 0 Å². The molecule has 1 fully saturated rings. The van der Waals surface area contributed by atoms with Crippen LogP contribution in [0.15, 0.2) is 24.3 Å². The molecule has 0 amide bonds. The van der Waals surface area contributed by atoms with Gasteiger partial charge in [0.1, 0.15) is 0 Å². The topological polar surface area (TPSA) is 38.7 Å². The van der Waals surface area contributed by atoms with Gasteiger partial charge in [-0.15, -0.1) is 0 Å². The third-order valence-corrected chi connectivity index (χ3v) is 3.40. The summed E-state index contributed by atoms with van der Waals surface area (Å²) in [6.45, 7) is 7.54. The molecule has 18 heavy (non-hydrogen) atoms. The molecular formula is C15H22O3. The van der Waals surface area contributed by atoms with Crippen LogP contribution in [0.2, 0.25) is 0 Å². The number of ether oxygens (including phenoxy) is 2. The second kappa shape index (κ2) is 5.00. The normalized spacial score (nSPS) is 19.1. The van der Waals surface area contributed by atoms with Gasteiger partial charge in [0.05, 0.1) is 13.2 Å². The SMILES string of the molecule is CC(C)(CO)Cc1cccc(C2(C)OCCO2)c1. The van der Waals surface area contributed by atoms with Crippen LogP contribution in [0, 0.1) is 5.41 Å². The van der Waals surface area contributed by atoms with Gasteiger partial charge in [0.15, 0.2) is 5.79 Å². The highest BCUT2D eigenvalue weighted by Crippen LogP contribution is 2.32. The molecule has 1 heterocycles. The van der Waals surface area contributed by atoms with Crippen LogP contribution in [0.1, 0.15) is 31.9 Å². The fourth-order valence-corrected chi connectivity index (χ4v) is 2.25. The second-order valence-corrected chi connectivity index (χ2v) is 5.84. The molecule has 1 N–H and O–H groups in total. The van der Waals surface area contributed by atoms with E-state index in [1.54, 1.807) is 0 Å². The quantitative estimate of drug-likeness (QED) is 0.892. The van der Waals surface area contributed by atoms with Crippen LogP contribution in [-0.4, -0.2) is 24.9 Å². The van der Waals surface area contributed by atoms with Crippen LogP contribution in [0.4, 0.5) is 0 Å².